The first-order chi connectivity index (χ1) is 12.3. The van der Waals surface area contributed by atoms with Gasteiger partial charge in [0.05, 0.1) is 0 Å². The molecule has 1 amide bonds. The number of aromatic nitrogens is 1. The van der Waals surface area contributed by atoms with Crippen molar-refractivity contribution < 1.29 is 9.32 Å². The first kappa shape index (κ1) is 15.6. The summed E-state index contributed by atoms with van der Waals surface area (Å²) >= 11 is 0. The van der Waals surface area contributed by atoms with Gasteiger partial charge in [-0.1, -0.05) is 65.8 Å². The van der Waals surface area contributed by atoms with E-state index in [9.17, 15) is 4.79 Å². The second kappa shape index (κ2) is 6.93. The van der Waals surface area contributed by atoms with Crippen LogP contribution in [0.15, 0.2) is 71.3 Å². The highest BCUT2D eigenvalue weighted by Crippen LogP contribution is 2.40. The number of hydrogen-bond donors (Lipinski definition) is 0. The van der Waals surface area contributed by atoms with Gasteiger partial charge in [0.25, 0.3) is 5.91 Å². The largest absolute Gasteiger partial charge is 0.360 e. The summed E-state index contributed by atoms with van der Waals surface area (Å²) in [5.74, 6) is 1.19. The van der Waals surface area contributed by atoms with Crippen molar-refractivity contribution >= 4 is 5.91 Å². The average molecular weight is 332 g/mol. The minimum atomic E-state index is -0.0941. The molecule has 0 aliphatic heterocycles. The molecule has 0 N–H and O–H groups in total. The van der Waals surface area contributed by atoms with Crippen molar-refractivity contribution in [1.29, 1.82) is 0 Å². The first-order valence-corrected chi connectivity index (χ1v) is 8.63. The molecule has 0 spiro atoms. The van der Waals surface area contributed by atoms with E-state index in [0.29, 0.717) is 24.7 Å². The van der Waals surface area contributed by atoms with Gasteiger partial charge in [0.1, 0.15) is 5.76 Å². The summed E-state index contributed by atoms with van der Waals surface area (Å²) in [6, 6.07) is 21.8. The molecule has 4 heteroatoms. The molecule has 0 atom stereocenters. The molecule has 25 heavy (non-hydrogen) atoms. The number of rotatable bonds is 6. The Morgan fingerprint density at radius 2 is 1.52 bits per heavy atom. The molecule has 1 fully saturated rings. The van der Waals surface area contributed by atoms with Crippen LogP contribution >= 0.6 is 0 Å². The van der Waals surface area contributed by atoms with Crippen molar-refractivity contribution in [3.05, 3.63) is 89.3 Å². The van der Waals surface area contributed by atoms with E-state index in [1.165, 1.54) is 0 Å². The Labute approximate surface area is 147 Å². The second-order valence-corrected chi connectivity index (χ2v) is 6.52. The zero-order valence-corrected chi connectivity index (χ0v) is 14.0. The zero-order chi connectivity index (χ0) is 17.1. The average Bonchev–Trinajstić information content (AvgIpc) is 3.39. The lowest BCUT2D eigenvalue weighted by Gasteiger charge is -2.22. The SMILES string of the molecule is O=C(c1cc(C2CC2)on1)N(Cc1ccccc1)Cc1ccccc1. The van der Waals surface area contributed by atoms with Crippen LogP contribution in [-0.4, -0.2) is 16.0 Å². The number of amides is 1. The lowest BCUT2D eigenvalue weighted by molar-refractivity contribution is 0.0719. The zero-order valence-electron chi connectivity index (χ0n) is 14.0. The third kappa shape index (κ3) is 3.79. The number of nitrogens with zero attached hydrogens (tertiary/aromatic N) is 2. The molecule has 2 aromatic carbocycles. The Morgan fingerprint density at radius 3 is 2.04 bits per heavy atom. The summed E-state index contributed by atoms with van der Waals surface area (Å²) in [5, 5.41) is 4.02. The quantitative estimate of drug-likeness (QED) is 0.672. The molecule has 3 aromatic rings. The Hall–Kier alpha value is -2.88. The van der Waals surface area contributed by atoms with Crippen molar-refractivity contribution in [3.8, 4) is 0 Å². The fourth-order valence-electron chi connectivity index (χ4n) is 2.92. The summed E-state index contributed by atoms with van der Waals surface area (Å²) in [6.07, 6.45) is 2.25. The van der Waals surface area contributed by atoms with Crippen molar-refractivity contribution in [1.82, 2.24) is 10.1 Å². The van der Waals surface area contributed by atoms with Gasteiger partial charge in [0.2, 0.25) is 0 Å². The Balaban J connectivity index is 1.57. The third-order valence-corrected chi connectivity index (χ3v) is 4.45. The number of carbonyl (C=O) groups is 1. The first-order valence-electron chi connectivity index (χ1n) is 8.63. The predicted molar refractivity (Wildman–Crippen MR) is 94.9 cm³/mol. The maximum absolute atomic E-state index is 13.0. The summed E-state index contributed by atoms with van der Waals surface area (Å²) in [7, 11) is 0. The number of hydrogen-bond acceptors (Lipinski definition) is 3. The summed E-state index contributed by atoms with van der Waals surface area (Å²) < 4.78 is 5.36. The van der Waals surface area contributed by atoms with Crippen LogP contribution in [0.4, 0.5) is 0 Å². The Morgan fingerprint density at radius 1 is 0.960 bits per heavy atom. The highest BCUT2D eigenvalue weighted by Gasteiger charge is 2.30. The second-order valence-electron chi connectivity index (χ2n) is 6.52. The van der Waals surface area contributed by atoms with Crippen LogP contribution in [0, 0.1) is 0 Å². The monoisotopic (exact) mass is 332 g/mol. The fraction of sp³-hybridized carbons (Fsp3) is 0.238. The topological polar surface area (TPSA) is 46.3 Å². The van der Waals surface area contributed by atoms with Gasteiger partial charge in [-0.25, -0.2) is 0 Å². The number of carbonyl (C=O) groups excluding carboxylic acids is 1. The normalized spacial score (nSPS) is 13.6. The van der Waals surface area contributed by atoms with E-state index in [2.05, 4.69) is 5.16 Å². The molecule has 1 heterocycles. The van der Waals surface area contributed by atoms with Crippen LogP contribution in [0.3, 0.4) is 0 Å². The van der Waals surface area contributed by atoms with Crippen molar-refractivity contribution in [2.45, 2.75) is 31.8 Å². The minimum Gasteiger partial charge on any atom is -0.360 e. The molecular weight excluding hydrogens is 312 g/mol. The third-order valence-electron chi connectivity index (χ3n) is 4.45. The molecule has 4 rings (SSSR count). The van der Waals surface area contributed by atoms with E-state index in [-0.39, 0.29) is 5.91 Å². The molecular formula is C21H20N2O2. The molecule has 1 saturated carbocycles. The molecule has 126 valence electrons. The maximum Gasteiger partial charge on any atom is 0.276 e. The molecule has 4 nitrogen and oxygen atoms in total. The number of benzene rings is 2. The Bertz CT molecular complexity index is 797. The van der Waals surface area contributed by atoms with Gasteiger partial charge in [-0.15, -0.1) is 0 Å². The lowest BCUT2D eigenvalue weighted by Crippen LogP contribution is -2.30. The van der Waals surface area contributed by atoms with Gasteiger partial charge in [-0.3, -0.25) is 4.79 Å². The fourth-order valence-corrected chi connectivity index (χ4v) is 2.92. The Kier molecular flexibility index (Phi) is 4.34. The van der Waals surface area contributed by atoms with Crippen LogP contribution < -0.4 is 0 Å². The molecule has 1 aliphatic rings. The van der Waals surface area contributed by atoms with Crippen LogP contribution in [0.5, 0.6) is 0 Å². The molecule has 1 aromatic heterocycles. The maximum atomic E-state index is 13.0. The van der Waals surface area contributed by atoms with Gasteiger partial charge in [0, 0.05) is 25.1 Å². The van der Waals surface area contributed by atoms with Crippen molar-refractivity contribution in [2.24, 2.45) is 0 Å². The van der Waals surface area contributed by atoms with Crippen molar-refractivity contribution in [2.75, 3.05) is 0 Å². The van der Waals surface area contributed by atoms with Gasteiger partial charge in [-0.2, -0.15) is 0 Å². The smallest absolute Gasteiger partial charge is 0.276 e. The lowest BCUT2D eigenvalue weighted by atomic mass is 10.1. The molecule has 0 saturated heterocycles. The van der Waals surface area contributed by atoms with E-state index in [1.54, 1.807) is 0 Å². The highest BCUT2D eigenvalue weighted by atomic mass is 16.5. The van der Waals surface area contributed by atoms with E-state index in [0.717, 1.165) is 29.7 Å². The minimum absolute atomic E-state index is 0.0941. The van der Waals surface area contributed by atoms with Gasteiger partial charge < -0.3 is 9.42 Å². The highest BCUT2D eigenvalue weighted by molar-refractivity contribution is 5.92. The molecule has 0 radical (unpaired) electrons. The van der Waals surface area contributed by atoms with E-state index in [4.69, 9.17) is 4.52 Å². The van der Waals surface area contributed by atoms with Crippen molar-refractivity contribution in [3.63, 3.8) is 0 Å². The van der Waals surface area contributed by atoms with Crippen LogP contribution in [0.2, 0.25) is 0 Å². The van der Waals surface area contributed by atoms with Crippen LogP contribution in [0.25, 0.3) is 0 Å². The summed E-state index contributed by atoms with van der Waals surface area (Å²) in [5.41, 5.74) is 2.59. The molecule has 1 aliphatic carbocycles. The van der Waals surface area contributed by atoms with Crippen LogP contribution in [-0.2, 0) is 13.1 Å². The van der Waals surface area contributed by atoms with E-state index >= 15 is 0 Å². The predicted octanol–water partition coefficient (Wildman–Crippen LogP) is 4.39. The van der Waals surface area contributed by atoms with Gasteiger partial charge in [0.15, 0.2) is 5.69 Å². The molecule has 0 bridgehead atoms. The standard InChI is InChI=1S/C21H20N2O2/c24-21(19-13-20(25-22-19)18-11-12-18)23(14-16-7-3-1-4-8-16)15-17-9-5-2-6-10-17/h1-10,13,18H,11-12,14-15H2. The van der Waals surface area contributed by atoms with Gasteiger partial charge in [-0.05, 0) is 24.0 Å². The summed E-state index contributed by atoms with van der Waals surface area (Å²) in [6.45, 7) is 1.08. The van der Waals surface area contributed by atoms with Crippen LogP contribution in [0.1, 0.15) is 46.1 Å². The summed E-state index contributed by atoms with van der Waals surface area (Å²) in [4.78, 5) is 14.8. The van der Waals surface area contributed by atoms with E-state index in [1.807, 2.05) is 71.6 Å². The van der Waals surface area contributed by atoms with E-state index < -0.39 is 0 Å². The molecule has 0 unspecified atom stereocenters. The van der Waals surface area contributed by atoms with Gasteiger partial charge >= 0.3 is 0 Å².